The lowest BCUT2D eigenvalue weighted by atomic mass is 10.3. The summed E-state index contributed by atoms with van der Waals surface area (Å²) in [4.78, 5) is 11.1. The maximum absolute atomic E-state index is 11.1. The molecule has 0 spiro atoms. The number of rotatable bonds is 7. The summed E-state index contributed by atoms with van der Waals surface area (Å²) in [7, 11) is -2.10. The van der Waals surface area contributed by atoms with Crippen molar-refractivity contribution in [3.05, 3.63) is 0 Å². The van der Waals surface area contributed by atoms with E-state index in [-0.39, 0.29) is 11.9 Å². The van der Waals surface area contributed by atoms with E-state index in [0.29, 0.717) is 6.61 Å². The fourth-order valence-electron chi connectivity index (χ4n) is 1.38. The molecule has 0 aromatic heterocycles. The SMILES string of the molecule is CCC[Si](C)(OCC)OC(C)C(C)=O. The van der Waals surface area contributed by atoms with Gasteiger partial charge in [-0.15, -0.1) is 0 Å². The van der Waals surface area contributed by atoms with E-state index in [9.17, 15) is 4.79 Å². The van der Waals surface area contributed by atoms with Crippen molar-refractivity contribution in [1.29, 1.82) is 0 Å². The van der Waals surface area contributed by atoms with E-state index in [1.165, 1.54) is 0 Å². The Morgan fingerprint density at radius 1 is 1.43 bits per heavy atom. The molecule has 3 nitrogen and oxygen atoms in total. The molecule has 0 aliphatic carbocycles. The first kappa shape index (κ1) is 13.8. The first-order chi connectivity index (χ1) is 6.45. The van der Waals surface area contributed by atoms with E-state index in [0.717, 1.165) is 12.5 Å². The Kier molecular flexibility index (Phi) is 6.23. The third-order valence-electron chi connectivity index (χ3n) is 2.15. The summed E-state index contributed by atoms with van der Waals surface area (Å²) in [6.45, 7) is 10.1. The van der Waals surface area contributed by atoms with Gasteiger partial charge in [-0.1, -0.05) is 13.3 Å². The van der Waals surface area contributed by atoms with Crippen LogP contribution in [0.25, 0.3) is 0 Å². The van der Waals surface area contributed by atoms with Gasteiger partial charge in [-0.2, -0.15) is 0 Å². The van der Waals surface area contributed by atoms with Crippen LogP contribution in [0.2, 0.25) is 12.6 Å². The van der Waals surface area contributed by atoms with Crippen LogP contribution in [-0.4, -0.2) is 27.1 Å². The highest BCUT2D eigenvalue weighted by Crippen LogP contribution is 2.18. The van der Waals surface area contributed by atoms with Gasteiger partial charge in [0.25, 0.3) is 0 Å². The minimum atomic E-state index is -2.10. The summed E-state index contributed by atoms with van der Waals surface area (Å²) in [5.41, 5.74) is 0. The van der Waals surface area contributed by atoms with Crippen LogP contribution in [0.3, 0.4) is 0 Å². The summed E-state index contributed by atoms with van der Waals surface area (Å²) in [6.07, 6.45) is 0.706. The fourth-order valence-corrected chi connectivity index (χ4v) is 4.14. The lowest BCUT2D eigenvalue weighted by molar-refractivity contribution is -0.124. The van der Waals surface area contributed by atoms with Crippen LogP contribution in [-0.2, 0) is 13.6 Å². The van der Waals surface area contributed by atoms with E-state index in [1.54, 1.807) is 13.8 Å². The third kappa shape index (κ3) is 4.88. The van der Waals surface area contributed by atoms with E-state index in [4.69, 9.17) is 8.85 Å². The largest absolute Gasteiger partial charge is 0.395 e. The van der Waals surface area contributed by atoms with Crippen molar-refractivity contribution in [3.63, 3.8) is 0 Å². The third-order valence-corrected chi connectivity index (χ3v) is 5.31. The predicted molar refractivity (Wildman–Crippen MR) is 59.6 cm³/mol. The van der Waals surface area contributed by atoms with Crippen LogP contribution in [0.4, 0.5) is 0 Å². The molecule has 4 heteroatoms. The summed E-state index contributed by atoms with van der Waals surface area (Å²) in [5.74, 6) is 0.0690. The maximum Gasteiger partial charge on any atom is 0.335 e. The molecular weight excluding hydrogens is 196 g/mol. The maximum atomic E-state index is 11.1. The van der Waals surface area contributed by atoms with Crippen LogP contribution in [0.15, 0.2) is 0 Å². The quantitative estimate of drug-likeness (QED) is 0.616. The standard InChI is InChI=1S/C10H22O3Si/c1-6-8-14(5,12-7-2)13-10(4)9(3)11/h10H,6-8H2,1-5H3. The van der Waals surface area contributed by atoms with Gasteiger partial charge in [-0.3, -0.25) is 4.79 Å². The zero-order valence-electron chi connectivity index (χ0n) is 9.92. The van der Waals surface area contributed by atoms with Crippen LogP contribution >= 0.6 is 0 Å². The lowest BCUT2D eigenvalue weighted by Gasteiger charge is -2.28. The Morgan fingerprint density at radius 2 is 2.00 bits per heavy atom. The van der Waals surface area contributed by atoms with Gasteiger partial charge in [0.15, 0.2) is 5.78 Å². The highest BCUT2D eigenvalue weighted by molar-refractivity contribution is 6.66. The summed E-state index contributed by atoms with van der Waals surface area (Å²) < 4.78 is 11.4. The van der Waals surface area contributed by atoms with Gasteiger partial charge in [-0.25, -0.2) is 0 Å². The van der Waals surface area contributed by atoms with Crippen LogP contribution in [0.5, 0.6) is 0 Å². The molecule has 0 amide bonds. The molecular formula is C10H22O3Si. The van der Waals surface area contributed by atoms with Gasteiger partial charge in [0.1, 0.15) is 6.10 Å². The van der Waals surface area contributed by atoms with Crippen LogP contribution in [0.1, 0.15) is 34.1 Å². The van der Waals surface area contributed by atoms with Gasteiger partial charge in [-0.05, 0) is 33.4 Å². The Labute approximate surface area is 88.0 Å². The second-order valence-corrected chi connectivity index (χ2v) is 6.98. The van der Waals surface area contributed by atoms with E-state index < -0.39 is 8.56 Å². The molecule has 84 valence electrons. The number of hydrogen-bond acceptors (Lipinski definition) is 3. The van der Waals surface area contributed by atoms with Crippen molar-refractivity contribution in [2.24, 2.45) is 0 Å². The average molecular weight is 218 g/mol. The normalized spacial score (nSPS) is 17.5. The minimum absolute atomic E-state index is 0.0690. The molecule has 2 unspecified atom stereocenters. The molecule has 2 atom stereocenters. The number of hydrogen-bond donors (Lipinski definition) is 0. The molecule has 0 rings (SSSR count). The Balaban J connectivity index is 4.27. The van der Waals surface area contributed by atoms with Crippen molar-refractivity contribution in [2.45, 2.75) is 52.8 Å². The summed E-state index contributed by atoms with van der Waals surface area (Å²) >= 11 is 0. The molecule has 0 bridgehead atoms. The molecule has 14 heavy (non-hydrogen) atoms. The van der Waals surface area contributed by atoms with E-state index >= 15 is 0 Å². The first-order valence-corrected chi connectivity index (χ1v) is 7.79. The summed E-state index contributed by atoms with van der Waals surface area (Å²) in [6, 6.07) is 0.943. The highest BCUT2D eigenvalue weighted by Gasteiger charge is 2.33. The second-order valence-electron chi connectivity index (χ2n) is 3.69. The Bertz CT molecular complexity index is 176. The molecule has 0 aromatic rings. The van der Waals surface area contributed by atoms with Gasteiger partial charge in [0.2, 0.25) is 0 Å². The van der Waals surface area contributed by atoms with Gasteiger partial charge >= 0.3 is 8.56 Å². The lowest BCUT2D eigenvalue weighted by Crippen LogP contribution is -2.43. The number of carbonyl (C=O) groups excluding carboxylic acids is 1. The molecule has 0 fully saturated rings. The van der Waals surface area contributed by atoms with E-state index in [2.05, 4.69) is 6.92 Å². The van der Waals surface area contributed by atoms with Gasteiger partial charge in [0, 0.05) is 6.61 Å². The monoisotopic (exact) mass is 218 g/mol. The van der Waals surface area contributed by atoms with Crippen molar-refractivity contribution < 1.29 is 13.6 Å². The van der Waals surface area contributed by atoms with Crippen molar-refractivity contribution >= 4 is 14.3 Å². The molecule has 0 radical (unpaired) electrons. The average Bonchev–Trinajstić information content (AvgIpc) is 2.04. The number of carbonyl (C=O) groups is 1. The minimum Gasteiger partial charge on any atom is -0.395 e. The zero-order valence-corrected chi connectivity index (χ0v) is 10.9. The molecule has 0 heterocycles. The first-order valence-electron chi connectivity index (χ1n) is 5.27. The highest BCUT2D eigenvalue weighted by atomic mass is 28.4. The molecule has 0 aromatic carbocycles. The molecule has 0 aliphatic rings. The molecule has 0 N–H and O–H groups in total. The number of ketones is 1. The van der Waals surface area contributed by atoms with E-state index in [1.807, 2.05) is 13.5 Å². The van der Waals surface area contributed by atoms with Crippen LogP contribution < -0.4 is 0 Å². The smallest absolute Gasteiger partial charge is 0.335 e. The Hall–Kier alpha value is -0.193. The molecule has 0 saturated carbocycles. The predicted octanol–water partition coefficient (Wildman–Crippen LogP) is 2.50. The molecule has 0 saturated heterocycles. The van der Waals surface area contributed by atoms with Crippen molar-refractivity contribution in [1.82, 2.24) is 0 Å². The topological polar surface area (TPSA) is 35.5 Å². The fraction of sp³-hybridized carbons (Fsp3) is 0.900. The Morgan fingerprint density at radius 3 is 2.36 bits per heavy atom. The van der Waals surface area contributed by atoms with Gasteiger partial charge < -0.3 is 8.85 Å². The van der Waals surface area contributed by atoms with Crippen LogP contribution in [0, 0.1) is 0 Å². The summed E-state index contributed by atoms with van der Waals surface area (Å²) in [5, 5.41) is 0. The van der Waals surface area contributed by atoms with Gasteiger partial charge in [0.05, 0.1) is 0 Å². The zero-order chi connectivity index (χ0) is 11.2. The van der Waals surface area contributed by atoms with Crippen molar-refractivity contribution in [3.8, 4) is 0 Å². The molecule has 0 aliphatic heterocycles. The number of Topliss-reactive ketones (excluding diaryl/α,β-unsaturated/α-hetero) is 1. The van der Waals surface area contributed by atoms with Crippen molar-refractivity contribution in [2.75, 3.05) is 6.61 Å². The second kappa shape index (κ2) is 6.32.